The monoisotopic (exact) mass is 319 g/mol. The first-order valence-corrected chi connectivity index (χ1v) is 6.85. The van der Waals surface area contributed by atoms with Gasteiger partial charge in [0, 0.05) is 5.92 Å². The van der Waals surface area contributed by atoms with Crippen LogP contribution < -0.4 is 10.1 Å². The Morgan fingerprint density at radius 1 is 1.28 bits per heavy atom. The maximum Gasteiger partial charge on any atom is 0.284 e. The van der Waals surface area contributed by atoms with Crippen molar-refractivity contribution in [3.8, 4) is 5.75 Å². The van der Waals surface area contributed by atoms with Crippen LogP contribution in [0.4, 0.5) is 8.78 Å². The van der Waals surface area contributed by atoms with Crippen molar-refractivity contribution in [2.24, 2.45) is 5.92 Å². The van der Waals surface area contributed by atoms with Crippen molar-refractivity contribution in [1.82, 2.24) is 5.32 Å². The third kappa shape index (κ3) is 3.42. The van der Waals surface area contributed by atoms with Gasteiger partial charge in [0.15, 0.2) is 6.61 Å². The number of halogens is 3. The van der Waals surface area contributed by atoms with Gasteiger partial charge in [0.2, 0.25) is 0 Å². The van der Waals surface area contributed by atoms with Crippen LogP contribution in [-0.4, -0.2) is 25.6 Å². The number of piperidine rings is 1. The van der Waals surface area contributed by atoms with Crippen LogP contribution in [-0.2, 0) is 0 Å². The molecule has 0 spiro atoms. The van der Waals surface area contributed by atoms with Crippen LogP contribution in [0.1, 0.15) is 12.8 Å². The molecule has 1 heterocycles. The Balaban J connectivity index is 1.94. The number of alkyl halides is 2. The van der Waals surface area contributed by atoms with Crippen LogP contribution in [0.25, 0.3) is 0 Å². The summed E-state index contributed by atoms with van der Waals surface area (Å²) in [5.41, 5.74) is 0. The topological polar surface area (TPSA) is 21.3 Å². The van der Waals surface area contributed by atoms with Gasteiger partial charge in [-0.3, -0.25) is 0 Å². The van der Waals surface area contributed by atoms with Crippen molar-refractivity contribution in [2.75, 3.05) is 19.7 Å². The zero-order valence-electron chi connectivity index (χ0n) is 9.96. The standard InChI is InChI=1S/C13H16BrF2NO/c14-11-3-1-2-4-12(11)18-9-13(15,16)10-5-7-17-8-6-10/h1-4,10,17H,5-9H2. The summed E-state index contributed by atoms with van der Waals surface area (Å²) in [4.78, 5) is 0. The molecule has 2 nitrogen and oxygen atoms in total. The number of benzene rings is 1. The second-order valence-electron chi connectivity index (χ2n) is 4.50. The van der Waals surface area contributed by atoms with Crippen LogP contribution in [0, 0.1) is 5.92 Å². The molecule has 100 valence electrons. The Morgan fingerprint density at radius 3 is 2.61 bits per heavy atom. The highest BCUT2D eigenvalue weighted by Crippen LogP contribution is 2.33. The molecule has 0 saturated carbocycles. The first kappa shape index (κ1) is 13.7. The van der Waals surface area contributed by atoms with E-state index in [9.17, 15) is 8.78 Å². The maximum atomic E-state index is 14.0. The van der Waals surface area contributed by atoms with E-state index in [1.807, 2.05) is 6.07 Å². The summed E-state index contributed by atoms with van der Waals surface area (Å²) < 4.78 is 33.9. The normalized spacial score (nSPS) is 17.7. The molecule has 0 atom stereocenters. The van der Waals surface area contributed by atoms with Gasteiger partial charge < -0.3 is 10.1 Å². The molecule has 0 unspecified atom stereocenters. The van der Waals surface area contributed by atoms with E-state index in [0.717, 1.165) is 0 Å². The fourth-order valence-corrected chi connectivity index (χ4v) is 2.50. The van der Waals surface area contributed by atoms with Gasteiger partial charge in [-0.25, -0.2) is 8.78 Å². The van der Waals surface area contributed by atoms with Crippen molar-refractivity contribution < 1.29 is 13.5 Å². The molecule has 1 aliphatic heterocycles. The predicted octanol–water partition coefficient (Wildman–Crippen LogP) is 3.46. The van der Waals surface area contributed by atoms with Crippen LogP contribution in [0.15, 0.2) is 28.7 Å². The van der Waals surface area contributed by atoms with Crippen molar-refractivity contribution in [3.63, 3.8) is 0 Å². The van der Waals surface area contributed by atoms with E-state index in [1.54, 1.807) is 18.2 Å². The smallest absolute Gasteiger partial charge is 0.284 e. The van der Waals surface area contributed by atoms with Gasteiger partial charge in [-0.15, -0.1) is 0 Å². The summed E-state index contributed by atoms with van der Waals surface area (Å²) in [7, 11) is 0. The van der Waals surface area contributed by atoms with Crippen LogP contribution >= 0.6 is 15.9 Å². The second-order valence-corrected chi connectivity index (χ2v) is 5.36. The molecule has 0 aromatic heterocycles. The lowest BCUT2D eigenvalue weighted by molar-refractivity contribution is -0.0982. The van der Waals surface area contributed by atoms with Gasteiger partial charge in [0.05, 0.1) is 4.47 Å². The highest BCUT2D eigenvalue weighted by atomic mass is 79.9. The van der Waals surface area contributed by atoms with E-state index in [2.05, 4.69) is 21.2 Å². The fourth-order valence-electron chi connectivity index (χ4n) is 2.10. The van der Waals surface area contributed by atoms with Gasteiger partial charge >= 0.3 is 0 Å². The quantitative estimate of drug-likeness (QED) is 0.917. The molecule has 1 fully saturated rings. The third-order valence-electron chi connectivity index (χ3n) is 3.19. The van der Waals surface area contributed by atoms with Gasteiger partial charge in [-0.1, -0.05) is 12.1 Å². The number of hydrogen-bond donors (Lipinski definition) is 1. The minimum atomic E-state index is -2.77. The third-order valence-corrected chi connectivity index (χ3v) is 3.85. The van der Waals surface area contributed by atoms with Crippen molar-refractivity contribution in [1.29, 1.82) is 0 Å². The van der Waals surface area contributed by atoms with Gasteiger partial charge in [-0.2, -0.15) is 0 Å². The molecule has 1 aliphatic rings. The zero-order valence-corrected chi connectivity index (χ0v) is 11.6. The molecular formula is C13H16BrF2NO. The molecule has 5 heteroatoms. The highest BCUT2D eigenvalue weighted by molar-refractivity contribution is 9.10. The summed E-state index contributed by atoms with van der Waals surface area (Å²) in [6.45, 7) is 0.769. The molecule has 1 saturated heterocycles. The summed E-state index contributed by atoms with van der Waals surface area (Å²) in [5.74, 6) is -2.88. The first-order valence-electron chi connectivity index (χ1n) is 6.05. The van der Waals surface area contributed by atoms with E-state index >= 15 is 0 Å². The number of nitrogens with one attached hydrogen (secondary N) is 1. The molecule has 0 amide bonds. The fraction of sp³-hybridized carbons (Fsp3) is 0.538. The Bertz CT molecular complexity index is 394. The average molecular weight is 320 g/mol. The van der Waals surface area contributed by atoms with E-state index < -0.39 is 18.4 Å². The minimum absolute atomic E-state index is 0.464. The van der Waals surface area contributed by atoms with Gasteiger partial charge in [0.25, 0.3) is 5.92 Å². The van der Waals surface area contributed by atoms with E-state index in [-0.39, 0.29) is 0 Å². The average Bonchev–Trinajstić information content (AvgIpc) is 2.39. The Hall–Kier alpha value is -0.680. The zero-order chi connectivity index (χ0) is 13.0. The number of hydrogen-bond acceptors (Lipinski definition) is 2. The summed E-state index contributed by atoms with van der Waals surface area (Å²) >= 11 is 3.28. The molecule has 0 bridgehead atoms. The van der Waals surface area contributed by atoms with E-state index in [4.69, 9.17) is 4.74 Å². The summed E-state index contributed by atoms with van der Waals surface area (Å²) in [6, 6.07) is 7.05. The van der Waals surface area contributed by atoms with Crippen molar-refractivity contribution >= 4 is 15.9 Å². The highest BCUT2D eigenvalue weighted by Gasteiger charge is 2.40. The van der Waals surface area contributed by atoms with Crippen LogP contribution in [0.3, 0.4) is 0 Å². The van der Waals surface area contributed by atoms with E-state index in [0.29, 0.717) is 36.2 Å². The second kappa shape index (κ2) is 5.97. The molecule has 0 radical (unpaired) electrons. The maximum absolute atomic E-state index is 14.0. The molecule has 0 aliphatic carbocycles. The van der Waals surface area contributed by atoms with Crippen LogP contribution in [0.5, 0.6) is 5.75 Å². The first-order chi connectivity index (χ1) is 8.59. The van der Waals surface area contributed by atoms with Crippen molar-refractivity contribution in [2.45, 2.75) is 18.8 Å². The number of para-hydroxylation sites is 1. The summed E-state index contributed by atoms with van der Waals surface area (Å²) in [6.07, 6.45) is 1.01. The number of ether oxygens (including phenoxy) is 1. The SMILES string of the molecule is FC(F)(COc1ccccc1Br)C1CCNCC1. The lowest BCUT2D eigenvalue weighted by Gasteiger charge is -2.30. The molecule has 1 N–H and O–H groups in total. The molecule has 2 rings (SSSR count). The van der Waals surface area contributed by atoms with Gasteiger partial charge in [0.1, 0.15) is 5.75 Å². The van der Waals surface area contributed by atoms with Crippen LogP contribution in [0.2, 0.25) is 0 Å². The summed E-state index contributed by atoms with van der Waals surface area (Å²) in [5, 5.41) is 3.09. The Labute approximate surface area is 114 Å². The van der Waals surface area contributed by atoms with Gasteiger partial charge in [-0.05, 0) is 54.0 Å². The minimum Gasteiger partial charge on any atom is -0.486 e. The molecule has 1 aromatic carbocycles. The predicted molar refractivity (Wildman–Crippen MR) is 70.2 cm³/mol. The number of rotatable bonds is 4. The van der Waals surface area contributed by atoms with E-state index in [1.165, 1.54) is 0 Å². The molecule has 18 heavy (non-hydrogen) atoms. The Kier molecular flexibility index (Phi) is 4.56. The molecular weight excluding hydrogens is 304 g/mol. The largest absolute Gasteiger partial charge is 0.486 e. The lowest BCUT2D eigenvalue weighted by atomic mass is 9.92. The Morgan fingerprint density at radius 2 is 1.94 bits per heavy atom. The lowest BCUT2D eigenvalue weighted by Crippen LogP contribution is -2.41. The van der Waals surface area contributed by atoms with Crippen molar-refractivity contribution in [3.05, 3.63) is 28.7 Å². The molecule has 1 aromatic rings.